The molecule has 2 rings (SSSR count). The summed E-state index contributed by atoms with van der Waals surface area (Å²) < 4.78 is 23.8. The molecule has 0 saturated carbocycles. The molecular weight excluding hydrogens is 358 g/mol. The van der Waals surface area contributed by atoms with Gasteiger partial charge in [-0.15, -0.1) is 0 Å². The molecule has 1 unspecified atom stereocenters. The molecule has 112 valence electrons. The van der Waals surface area contributed by atoms with Crippen molar-refractivity contribution in [1.82, 2.24) is 4.72 Å². The molecule has 0 amide bonds. The lowest BCUT2D eigenvalue weighted by Crippen LogP contribution is -2.27. The largest absolute Gasteiger partial charge is 0.480 e. The highest BCUT2D eigenvalue weighted by atomic mass is 79.9. The minimum Gasteiger partial charge on any atom is -0.480 e. The van der Waals surface area contributed by atoms with Crippen molar-refractivity contribution in [3.8, 4) is 0 Å². The van der Waals surface area contributed by atoms with E-state index >= 15 is 0 Å². The van der Waals surface area contributed by atoms with Crippen LogP contribution in [0.5, 0.6) is 0 Å². The van der Waals surface area contributed by atoms with Crippen molar-refractivity contribution in [2.45, 2.75) is 6.04 Å². The molecule has 0 aliphatic carbocycles. The molecule has 0 spiro atoms. The van der Waals surface area contributed by atoms with Crippen LogP contribution in [0.25, 0.3) is 0 Å². The third kappa shape index (κ3) is 7.03. The van der Waals surface area contributed by atoms with Crippen LogP contribution in [0.2, 0.25) is 0 Å². The van der Waals surface area contributed by atoms with Gasteiger partial charge in [-0.1, -0.05) is 64.5 Å². The maximum Gasteiger partial charge on any atom is 0.326 e. The van der Waals surface area contributed by atoms with Gasteiger partial charge >= 0.3 is 5.97 Å². The van der Waals surface area contributed by atoms with Gasteiger partial charge < -0.3 is 5.11 Å². The fraction of sp³-hybridized carbons (Fsp3) is 0.0714. The van der Waals surface area contributed by atoms with Crippen molar-refractivity contribution in [3.63, 3.8) is 0 Å². The number of nitrogens with one attached hydrogen (secondary N) is 1. The first-order chi connectivity index (χ1) is 10.0. The minimum absolute atomic E-state index is 0.402. The smallest absolute Gasteiger partial charge is 0.326 e. The lowest BCUT2D eigenvalue weighted by atomic mass is 10.1. The summed E-state index contributed by atoms with van der Waals surface area (Å²) in [6, 6.07) is 16.9. The van der Waals surface area contributed by atoms with Gasteiger partial charge in [0, 0.05) is 4.47 Å². The summed E-state index contributed by atoms with van der Waals surface area (Å²) in [6.07, 6.45) is 0. The van der Waals surface area contributed by atoms with Gasteiger partial charge in [-0.2, -0.15) is 4.72 Å². The summed E-state index contributed by atoms with van der Waals surface area (Å²) in [5, 5.41) is 8.75. The summed E-state index contributed by atoms with van der Waals surface area (Å²) in [6.45, 7) is 0. The van der Waals surface area contributed by atoms with Crippen LogP contribution in [0.3, 0.4) is 0 Å². The molecule has 0 bridgehead atoms. The van der Waals surface area contributed by atoms with E-state index in [4.69, 9.17) is 5.11 Å². The Morgan fingerprint density at radius 1 is 1.00 bits per heavy atom. The summed E-state index contributed by atoms with van der Waals surface area (Å²) in [5.41, 5.74) is 0.402. The average Bonchev–Trinajstić information content (AvgIpc) is 2.47. The number of aliphatic carboxylic acids is 1. The third-order valence-electron chi connectivity index (χ3n) is 2.35. The van der Waals surface area contributed by atoms with Crippen molar-refractivity contribution in [2.75, 3.05) is 0 Å². The van der Waals surface area contributed by atoms with Crippen LogP contribution in [0, 0.1) is 0 Å². The van der Waals surface area contributed by atoms with E-state index in [9.17, 15) is 13.2 Å². The molecule has 2 N–H and O–H groups in total. The van der Waals surface area contributed by atoms with Crippen LogP contribution in [0.15, 0.2) is 65.1 Å². The molecule has 0 aliphatic heterocycles. The van der Waals surface area contributed by atoms with Gasteiger partial charge in [0.2, 0.25) is 10.9 Å². The zero-order valence-corrected chi connectivity index (χ0v) is 13.3. The molecule has 2 aromatic rings. The number of hydrogen-bond acceptors (Lipinski definition) is 3. The Morgan fingerprint density at radius 3 is 1.81 bits per heavy atom. The van der Waals surface area contributed by atoms with Gasteiger partial charge in [-0.05, 0) is 17.7 Å². The highest BCUT2D eigenvalue weighted by Gasteiger charge is 2.19. The van der Waals surface area contributed by atoms with E-state index in [-0.39, 0.29) is 0 Å². The van der Waals surface area contributed by atoms with Crippen LogP contribution in [0.4, 0.5) is 0 Å². The monoisotopic (exact) mass is 371 g/mol. The number of carbonyl (C=O) groups is 1. The standard InChI is InChI=1S/C8H9NO4S.C6H5Br/c10-8(11)7(9-14(12)13)6-4-2-1-3-5-6;7-6-4-2-1-3-5-6/h1-5,7,14H,(H,10,11)(H,9,12,13);1-5H. The van der Waals surface area contributed by atoms with Gasteiger partial charge in [0.05, 0.1) is 0 Å². The molecule has 21 heavy (non-hydrogen) atoms. The second-order valence-corrected chi connectivity index (χ2v) is 5.55. The van der Waals surface area contributed by atoms with Crippen molar-refractivity contribution in [1.29, 1.82) is 0 Å². The Labute approximate surface area is 132 Å². The van der Waals surface area contributed by atoms with E-state index in [1.165, 1.54) is 0 Å². The number of thiol groups is 1. The second-order valence-electron chi connectivity index (χ2n) is 3.86. The summed E-state index contributed by atoms with van der Waals surface area (Å²) in [5.74, 6) is -1.23. The van der Waals surface area contributed by atoms with E-state index in [2.05, 4.69) is 15.9 Å². The van der Waals surface area contributed by atoms with Crippen LogP contribution in [0.1, 0.15) is 11.6 Å². The summed E-state index contributed by atoms with van der Waals surface area (Å²) in [4.78, 5) is 10.7. The first-order valence-corrected chi connectivity index (χ1v) is 7.86. The van der Waals surface area contributed by atoms with E-state index in [1.54, 1.807) is 30.3 Å². The fourth-order valence-electron chi connectivity index (χ4n) is 1.44. The molecule has 0 aliphatic rings. The number of benzene rings is 2. The fourth-order valence-corrected chi connectivity index (χ4v) is 2.21. The quantitative estimate of drug-likeness (QED) is 0.720. The normalized spacial score (nSPS) is 11.3. The first-order valence-electron chi connectivity index (χ1n) is 5.89. The van der Waals surface area contributed by atoms with Gasteiger partial charge in [-0.3, -0.25) is 4.79 Å². The Kier molecular flexibility index (Phi) is 7.66. The van der Waals surface area contributed by atoms with E-state index in [0.29, 0.717) is 5.56 Å². The predicted molar refractivity (Wildman–Crippen MR) is 84.4 cm³/mol. The molecule has 0 aromatic heterocycles. The number of hydrogen-bond donors (Lipinski definition) is 3. The molecule has 2 aromatic carbocycles. The first kappa shape index (κ1) is 17.4. The van der Waals surface area contributed by atoms with Crippen molar-refractivity contribution in [3.05, 3.63) is 70.7 Å². The predicted octanol–water partition coefficient (Wildman–Crippen LogP) is 2.38. The maximum absolute atomic E-state index is 10.7. The van der Waals surface area contributed by atoms with Crippen LogP contribution in [-0.2, 0) is 15.7 Å². The minimum atomic E-state index is -2.93. The Morgan fingerprint density at radius 2 is 1.48 bits per heavy atom. The van der Waals surface area contributed by atoms with Gasteiger partial charge in [0.1, 0.15) is 6.04 Å². The molecule has 7 heteroatoms. The van der Waals surface area contributed by atoms with Crippen LogP contribution in [-0.4, -0.2) is 19.5 Å². The number of carboxylic acid groups (broad SMARTS) is 1. The molecule has 0 radical (unpaired) electrons. The van der Waals surface area contributed by atoms with Crippen LogP contribution < -0.4 is 4.72 Å². The van der Waals surface area contributed by atoms with E-state index in [0.717, 1.165) is 4.47 Å². The Balaban J connectivity index is 0.000000262. The molecular formula is C14H14BrNO4S. The molecule has 0 fully saturated rings. The highest BCUT2D eigenvalue weighted by molar-refractivity contribution is 9.10. The number of rotatable bonds is 4. The highest BCUT2D eigenvalue weighted by Crippen LogP contribution is 2.11. The molecule has 0 saturated heterocycles. The third-order valence-corrected chi connectivity index (χ3v) is 3.35. The van der Waals surface area contributed by atoms with Crippen molar-refractivity contribution < 1.29 is 18.3 Å². The number of carboxylic acids is 1. The molecule has 0 heterocycles. The zero-order chi connectivity index (χ0) is 15.7. The maximum atomic E-state index is 10.7. The van der Waals surface area contributed by atoms with Crippen molar-refractivity contribution >= 4 is 32.8 Å². The lowest BCUT2D eigenvalue weighted by Gasteiger charge is -2.09. The molecule has 1 atom stereocenters. The molecule has 5 nitrogen and oxygen atoms in total. The van der Waals surface area contributed by atoms with Gasteiger partial charge in [-0.25, -0.2) is 8.42 Å². The van der Waals surface area contributed by atoms with E-state index in [1.807, 2.05) is 35.1 Å². The summed E-state index contributed by atoms with van der Waals surface area (Å²) >= 11 is 3.31. The van der Waals surface area contributed by atoms with Crippen LogP contribution >= 0.6 is 15.9 Å². The Bertz CT molecular complexity index is 624. The number of halogens is 1. The Hall–Kier alpha value is -1.70. The van der Waals surface area contributed by atoms with Gasteiger partial charge in [0.15, 0.2) is 0 Å². The summed E-state index contributed by atoms with van der Waals surface area (Å²) in [7, 11) is -2.93. The SMILES string of the molecule is Brc1ccccc1.O=C(O)C(N[SH](=O)=O)c1ccccc1. The average molecular weight is 372 g/mol. The van der Waals surface area contributed by atoms with Gasteiger partial charge in [0.25, 0.3) is 0 Å². The topological polar surface area (TPSA) is 83.5 Å². The zero-order valence-electron chi connectivity index (χ0n) is 10.8. The van der Waals surface area contributed by atoms with Crippen molar-refractivity contribution in [2.24, 2.45) is 0 Å². The lowest BCUT2D eigenvalue weighted by molar-refractivity contribution is -0.139. The van der Waals surface area contributed by atoms with E-state index < -0.39 is 22.9 Å². The second kappa shape index (κ2) is 9.28.